The number of piperazine rings is 1. The number of aryl methyl sites for hydroxylation is 1. The highest BCUT2D eigenvalue weighted by Crippen LogP contribution is 2.15. The number of unbranched alkanes of at least 4 members (excludes halogenated alkanes) is 2. The molecular weight excluding hydrogens is 407 g/mol. The number of anilines is 1. The molecule has 2 rings (SSSR count). The van der Waals surface area contributed by atoms with Crippen molar-refractivity contribution in [2.24, 2.45) is 12.0 Å². The van der Waals surface area contributed by atoms with E-state index >= 15 is 0 Å². The molecular formula is C15H27IN6O. The van der Waals surface area contributed by atoms with Gasteiger partial charge in [-0.2, -0.15) is 5.10 Å². The lowest BCUT2D eigenvalue weighted by molar-refractivity contribution is -0.120. The summed E-state index contributed by atoms with van der Waals surface area (Å²) in [5.74, 6) is 0.894. The molecule has 0 atom stereocenters. The van der Waals surface area contributed by atoms with Crippen molar-refractivity contribution in [2.75, 3.05) is 38.1 Å². The Labute approximate surface area is 155 Å². The third-order valence-corrected chi connectivity index (χ3v) is 3.80. The van der Waals surface area contributed by atoms with E-state index in [9.17, 15) is 4.79 Å². The highest BCUT2D eigenvalue weighted by Gasteiger charge is 2.27. The van der Waals surface area contributed by atoms with Crippen molar-refractivity contribution in [3.63, 3.8) is 0 Å². The van der Waals surface area contributed by atoms with Gasteiger partial charge in [0.1, 0.15) is 6.54 Å². The minimum atomic E-state index is 0. The van der Waals surface area contributed by atoms with Crippen LogP contribution < -0.4 is 10.2 Å². The summed E-state index contributed by atoms with van der Waals surface area (Å²) in [5.41, 5.74) is 0.859. The second-order valence-corrected chi connectivity index (χ2v) is 5.52. The standard InChI is InChI=1S/C15H26N6O.HI/c1-4-5-6-7-17-15(16-2)20-8-9-21(14(22)12-20)13-10-18-19(3)11-13;/h10-11H,4-9,12H2,1-3H3,(H,16,17);1H. The Morgan fingerprint density at radius 1 is 1.39 bits per heavy atom. The van der Waals surface area contributed by atoms with Gasteiger partial charge in [-0.25, -0.2) is 0 Å². The Hall–Kier alpha value is -1.32. The highest BCUT2D eigenvalue weighted by atomic mass is 127. The number of amides is 1. The van der Waals surface area contributed by atoms with E-state index < -0.39 is 0 Å². The minimum absolute atomic E-state index is 0. The smallest absolute Gasteiger partial charge is 0.246 e. The number of aromatic nitrogens is 2. The molecule has 23 heavy (non-hydrogen) atoms. The number of nitrogens with zero attached hydrogens (tertiary/aromatic N) is 5. The van der Waals surface area contributed by atoms with Crippen LogP contribution in [0.15, 0.2) is 17.4 Å². The molecule has 1 aliphatic rings. The van der Waals surface area contributed by atoms with Gasteiger partial charge in [-0.3, -0.25) is 14.5 Å². The molecule has 0 unspecified atom stereocenters. The average molecular weight is 434 g/mol. The normalized spacial score (nSPS) is 15.6. The monoisotopic (exact) mass is 434 g/mol. The van der Waals surface area contributed by atoms with Gasteiger partial charge in [-0.1, -0.05) is 19.8 Å². The number of nitrogens with one attached hydrogen (secondary N) is 1. The Kier molecular flexibility index (Phi) is 8.35. The largest absolute Gasteiger partial charge is 0.356 e. The van der Waals surface area contributed by atoms with Crippen LogP contribution in [-0.2, 0) is 11.8 Å². The van der Waals surface area contributed by atoms with E-state index in [4.69, 9.17) is 0 Å². The maximum absolute atomic E-state index is 12.4. The van der Waals surface area contributed by atoms with Gasteiger partial charge in [-0.15, -0.1) is 24.0 Å². The molecule has 0 saturated carbocycles. The van der Waals surface area contributed by atoms with Crippen LogP contribution >= 0.6 is 24.0 Å². The molecule has 1 saturated heterocycles. The molecule has 7 nitrogen and oxygen atoms in total. The fourth-order valence-electron chi connectivity index (χ4n) is 2.58. The molecule has 0 aromatic carbocycles. The summed E-state index contributed by atoms with van der Waals surface area (Å²) < 4.78 is 1.71. The van der Waals surface area contributed by atoms with E-state index in [0.29, 0.717) is 13.1 Å². The summed E-state index contributed by atoms with van der Waals surface area (Å²) in [5, 5.41) is 7.47. The van der Waals surface area contributed by atoms with E-state index in [-0.39, 0.29) is 29.9 Å². The van der Waals surface area contributed by atoms with E-state index in [2.05, 4.69) is 22.3 Å². The van der Waals surface area contributed by atoms with E-state index in [0.717, 1.165) is 31.2 Å². The lowest BCUT2D eigenvalue weighted by atomic mass is 10.2. The fraction of sp³-hybridized carbons (Fsp3) is 0.667. The van der Waals surface area contributed by atoms with Crippen LogP contribution in [0.5, 0.6) is 0 Å². The fourth-order valence-corrected chi connectivity index (χ4v) is 2.58. The van der Waals surface area contributed by atoms with Gasteiger partial charge in [0.2, 0.25) is 5.91 Å². The van der Waals surface area contributed by atoms with Gasteiger partial charge in [0.25, 0.3) is 0 Å². The summed E-state index contributed by atoms with van der Waals surface area (Å²) in [6.07, 6.45) is 7.12. The Bertz CT molecular complexity index is 530. The van der Waals surface area contributed by atoms with Crippen molar-refractivity contribution in [1.29, 1.82) is 0 Å². The molecule has 0 spiro atoms. The zero-order valence-electron chi connectivity index (χ0n) is 14.2. The maximum Gasteiger partial charge on any atom is 0.246 e. The van der Waals surface area contributed by atoms with Crippen molar-refractivity contribution in [3.8, 4) is 0 Å². The predicted molar refractivity (Wildman–Crippen MR) is 103 cm³/mol. The van der Waals surface area contributed by atoms with Gasteiger partial charge < -0.3 is 15.1 Å². The van der Waals surface area contributed by atoms with Crippen molar-refractivity contribution >= 4 is 41.5 Å². The molecule has 1 aliphatic heterocycles. The van der Waals surface area contributed by atoms with Crippen molar-refractivity contribution in [1.82, 2.24) is 20.0 Å². The Morgan fingerprint density at radius 2 is 2.17 bits per heavy atom. The zero-order chi connectivity index (χ0) is 15.9. The van der Waals surface area contributed by atoms with Gasteiger partial charge in [0.15, 0.2) is 5.96 Å². The van der Waals surface area contributed by atoms with Gasteiger partial charge in [0, 0.05) is 39.9 Å². The number of guanidine groups is 1. The molecule has 8 heteroatoms. The third kappa shape index (κ3) is 5.36. The summed E-state index contributed by atoms with van der Waals surface area (Å²) in [6, 6.07) is 0. The number of hydrogen-bond donors (Lipinski definition) is 1. The summed E-state index contributed by atoms with van der Waals surface area (Å²) in [6.45, 7) is 4.86. The average Bonchev–Trinajstić information content (AvgIpc) is 2.93. The van der Waals surface area contributed by atoms with Crippen molar-refractivity contribution in [3.05, 3.63) is 12.4 Å². The topological polar surface area (TPSA) is 65.8 Å². The van der Waals surface area contributed by atoms with Gasteiger partial charge in [-0.05, 0) is 6.42 Å². The number of halogens is 1. The zero-order valence-corrected chi connectivity index (χ0v) is 16.5. The molecule has 1 aromatic heterocycles. The number of aliphatic imine (C=N–C) groups is 1. The molecule has 1 amide bonds. The minimum Gasteiger partial charge on any atom is -0.356 e. The van der Waals surface area contributed by atoms with Gasteiger partial charge >= 0.3 is 0 Å². The Balaban J connectivity index is 0.00000264. The van der Waals surface area contributed by atoms with Crippen LogP contribution in [-0.4, -0.2) is 59.8 Å². The molecule has 1 fully saturated rings. The van der Waals surface area contributed by atoms with Crippen LogP contribution in [0, 0.1) is 0 Å². The number of rotatable bonds is 5. The number of hydrogen-bond acceptors (Lipinski definition) is 3. The predicted octanol–water partition coefficient (Wildman–Crippen LogP) is 1.45. The number of carbonyl (C=O) groups excluding carboxylic acids is 1. The summed E-state index contributed by atoms with van der Waals surface area (Å²) in [4.78, 5) is 20.5. The second-order valence-electron chi connectivity index (χ2n) is 5.52. The first-order valence-electron chi connectivity index (χ1n) is 7.90. The van der Waals surface area contributed by atoms with E-state index in [1.54, 1.807) is 22.8 Å². The Morgan fingerprint density at radius 3 is 2.74 bits per heavy atom. The molecule has 0 bridgehead atoms. The van der Waals surface area contributed by atoms with Crippen LogP contribution in [0.2, 0.25) is 0 Å². The van der Waals surface area contributed by atoms with Crippen molar-refractivity contribution in [2.45, 2.75) is 26.2 Å². The SMILES string of the molecule is CCCCCNC(=NC)N1CCN(c2cnn(C)c2)C(=O)C1.I. The van der Waals surface area contributed by atoms with Crippen LogP contribution in [0.4, 0.5) is 5.69 Å². The molecule has 1 N–H and O–H groups in total. The van der Waals surface area contributed by atoms with Crippen LogP contribution in [0.25, 0.3) is 0 Å². The first kappa shape index (κ1) is 19.7. The van der Waals surface area contributed by atoms with E-state index in [1.165, 1.54) is 12.8 Å². The van der Waals surface area contributed by atoms with Crippen LogP contribution in [0.3, 0.4) is 0 Å². The lowest BCUT2D eigenvalue weighted by Crippen LogP contribution is -2.55. The number of carbonyl (C=O) groups is 1. The van der Waals surface area contributed by atoms with Crippen molar-refractivity contribution < 1.29 is 4.79 Å². The van der Waals surface area contributed by atoms with Gasteiger partial charge in [0.05, 0.1) is 11.9 Å². The quantitative estimate of drug-likeness (QED) is 0.330. The molecule has 2 heterocycles. The first-order valence-corrected chi connectivity index (χ1v) is 7.90. The highest BCUT2D eigenvalue weighted by molar-refractivity contribution is 14.0. The maximum atomic E-state index is 12.4. The molecule has 1 aromatic rings. The van der Waals surface area contributed by atoms with E-state index in [1.807, 2.05) is 18.1 Å². The summed E-state index contributed by atoms with van der Waals surface area (Å²) in [7, 11) is 3.62. The lowest BCUT2D eigenvalue weighted by Gasteiger charge is -2.35. The molecule has 0 radical (unpaired) electrons. The second kappa shape index (κ2) is 9.74. The van der Waals surface area contributed by atoms with Crippen LogP contribution in [0.1, 0.15) is 26.2 Å². The molecule has 130 valence electrons. The first-order chi connectivity index (χ1) is 10.7. The molecule has 0 aliphatic carbocycles. The summed E-state index contributed by atoms with van der Waals surface area (Å²) >= 11 is 0. The third-order valence-electron chi connectivity index (χ3n) is 3.80.